The fourth-order valence-corrected chi connectivity index (χ4v) is 1.96. The standard InChI is InChI=1S/C21H18O5/c1-2-3-4-15-25-18-12-8-17(9-13-18)21(24)26-19-10-5-16(6-11-19)7-14-20(22)23/h5-14H,2,15H2,1H3,(H,22,23)/b14-7+. The fraction of sp³-hybridized carbons (Fsp3) is 0.143. The molecule has 1 N–H and O–H groups in total. The van der Waals surface area contributed by atoms with Crippen LogP contribution in [0, 0.1) is 11.8 Å². The third-order valence-corrected chi connectivity index (χ3v) is 3.21. The normalized spacial score (nSPS) is 10.0. The van der Waals surface area contributed by atoms with E-state index in [1.165, 1.54) is 6.08 Å². The molecular formula is C21H18O5. The number of esters is 1. The summed E-state index contributed by atoms with van der Waals surface area (Å²) in [6.07, 6.45) is 3.28. The first-order valence-corrected chi connectivity index (χ1v) is 8.00. The van der Waals surface area contributed by atoms with Crippen LogP contribution in [0.25, 0.3) is 6.08 Å². The molecule has 0 aliphatic heterocycles. The molecule has 2 aromatic carbocycles. The molecule has 0 heterocycles. The van der Waals surface area contributed by atoms with Crippen LogP contribution < -0.4 is 9.47 Å². The molecule has 0 bridgehead atoms. The van der Waals surface area contributed by atoms with Gasteiger partial charge in [0.05, 0.1) is 5.56 Å². The predicted molar refractivity (Wildman–Crippen MR) is 98.1 cm³/mol. The number of carbonyl (C=O) groups excluding carboxylic acids is 1. The number of carboxylic acid groups (broad SMARTS) is 1. The van der Waals surface area contributed by atoms with Gasteiger partial charge in [-0.1, -0.05) is 25.0 Å². The third-order valence-electron chi connectivity index (χ3n) is 3.21. The van der Waals surface area contributed by atoms with Crippen molar-refractivity contribution in [2.45, 2.75) is 13.3 Å². The summed E-state index contributed by atoms with van der Waals surface area (Å²) in [5.41, 5.74) is 1.09. The molecule has 0 saturated carbocycles. The summed E-state index contributed by atoms with van der Waals surface area (Å²) in [4.78, 5) is 22.6. The van der Waals surface area contributed by atoms with E-state index in [0.29, 0.717) is 29.2 Å². The number of hydrogen-bond donors (Lipinski definition) is 1. The molecule has 2 rings (SSSR count). The van der Waals surface area contributed by atoms with Gasteiger partial charge in [-0.3, -0.25) is 0 Å². The second-order valence-corrected chi connectivity index (χ2v) is 5.15. The van der Waals surface area contributed by atoms with Crippen LogP contribution in [0.15, 0.2) is 54.6 Å². The first-order valence-electron chi connectivity index (χ1n) is 8.00. The second-order valence-electron chi connectivity index (χ2n) is 5.15. The van der Waals surface area contributed by atoms with Crippen molar-refractivity contribution in [3.8, 4) is 23.3 Å². The zero-order valence-electron chi connectivity index (χ0n) is 14.3. The maximum absolute atomic E-state index is 12.1. The molecule has 0 aliphatic carbocycles. The molecule has 132 valence electrons. The molecule has 0 aliphatic rings. The van der Waals surface area contributed by atoms with Gasteiger partial charge < -0.3 is 14.6 Å². The number of rotatable bonds is 6. The highest BCUT2D eigenvalue weighted by atomic mass is 16.5. The number of hydrogen-bond acceptors (Lipinski definition) is 4. The summed E-state index contributed by atoms with van der Waals surface area (Å²) in [5, 5.41) is 8.59. The van der Waals surface area contributed by atoms with E-state index in [9.17, 15) is 9.59 Å². The molecule has 0 atom stereocenters. The Morgan fingerprint density at radius 1 is 1.00 bits per heavy atom. The van der Waals surface area contributed by atoms with Crippen LogP contribution >= 0.6 is 0 Å². The fourth-order valence-electron chi connectivity index (χ4n) is 1.96. The average Bonchev–Trinajstić information content (AvgIpc) is 2.65. The molecule has 2 aromatic rings. The highest BCUT2D eigenvalue weighted by Crippen LogP contribution is 2.17. The minimum absolute atomic E-state index is 0.306. The largest absolute Gasteiger partial charge is 0.481 e. The zero-order valence-corrected chi connectivity index (χ0v) is 14.3. The number of carbonyl (C=O) groups is 2. The third kappa shape index (κ3) is 6.17. The van der Waals surface area contributed by atoms with Crippen LogP contribution in [0.3, 0.4) is 0 Å². The lowest BCUT2D eigenvalue weighted by atomic mass is 10.2. The van der Waals surface area contributed by atoms with E-state index in [0.717, 1.165) is 12.5 Å². The van der Waals surface area contributed by atoms with Gasteiger partial charge >= 0.3 is 11.9 Å². The van der Waals surface area contributed by atoms with Crippen LogP contribution in [-0.4, -0.2) is 23.7 Å². The minimum Gasteiger partial charge on any atom is -0.481 e. The molecular weight excluding hydrogens is 332 g/mol. The summed E-state index contributed by atoms with van der Waals surface area (Å²) in [7, 11) is 0. The number of carboxylic acids is 1. The first kappa shape index (κ1) is 18.8. The molecule has 0 aromatic heterocycles. The summed E-state index contributed by atoms with van der Waals surface area (Å²) < 4.78 is 10.7. The Hall–Kier alpha value is -3.52. The van der Waals surface area contributed by atoms with E-state index >= 15 is 0 Å². The van der Waals surface area contributed by atoms with E-state index in [1.807, 2.05) is 6.92 Å². The molecule has 5 nitrogen and oxygen atoms in total. The molecule has 0 unspecified atom stereocenters. The van der Waals surface area contributed by atoms with Crippen molar-refractivity contribution in [2.24, 2.45) is 0 Å². The van der Waals surface area contributed by atoms with Gasteiger partial charge in [0.2, 0.25) is 0 Å². The average molecular weight is 350 g/mol. The van der Waals surface area contributed by atoms with Crippen molar-refractivity contribution in [1.29, 1.82) is 0 Å². The SMILES string of the molecule is CCC#CCOc1ccc(C(=O)Oc2ccc(/C=C/C(=O)O)cc2)cc1. The molecule has 0 spiro atoms. The summed E-state index contributed by atoms with van der Waals surface area (Å²) in [5.74, 6) is 5.27. The van der Waals surface area contributed by atoms with E-state index in [2.05, 4.69) is 11.8 Å². The number of benzene rings is 2. The second kappa shape index (κ2) is 9.70. The van der Waals surface area contributed by atoms with Crippen molar-refractivity contribution in [3.05, 3.63) is 65.7 Å². The summed E-state index contributed by atoms with van der Waals surface area (Å²) >= 11 is 0. The number of aliphatic carboxylic acids is 1. The summed E-state index contributed by atoms with van der Waals surface area (Å²) in [6, 6.07) is 13.1. The quantitative estimate of drug-likeness (QED) is 0.371. The van der Waals surface area contributed by atoms with Gasteiger partial charge in [0.1, 0.15) is 18.1 Å². The van der Waals surface area contributed by atoms with Crippen LogP contribution in [-0.2, 0) is 4.79 Å². The molecule has 0 amide bonds. The van der Waals surface area contributed by atoms with Crippen LogP contribution in [0.1, 0.15) is 29.3 Å². The van der Waals surface area contributed by atoms with Gasteiger partial charge in [-0.05, 0) is 48.0 Å². The van der Waals surface area contributed by atoms with E-state index in [1.54, 1.807) is 48.5 Å². The zero-order chi connectivity index (χ0) is 18.8. The van der Waals surface area contributed by atoms with E-state index in [4.69, 9.17) is 14.6 Å². The van der Waals surface area contributed by atoms with Crippen LogP contribution in [0.2, 0.25) is 0 Å². The van der Waals surface area contributed by atoms with Gasteiger partial charge in [-0.2, -0.15) is 0 Å². The smallest absolute Gasteiger partial charge is 0.343 e. The topological polar surface area (TPSA) is 72.8 Å². The van der Waals surface area contributed by atoms with Gasteiger partial charge in [0.15, 0.2) is 0 Å². The van der Waals surface area contributed by atoms with Gasteiger partial charge in [0.25, 0.3) is 0 Å². The van der Waals surface area contributed by atoms with Crippen molar-refractivity contribution in [2.75, 3.05) is 6.61 Å². The van der Waals surface area contributed by atoms with E-state index in [-0.39, 0.29) is 0 Å². The Bertz CT molecular complexity index is 837. The monoisotopic (exact) mass is 350 g/mol. The van der Waals surface area contributed by atoms with Crippen LogP contribution in [0.4, 0.5) is 0 Å². The number of ether oxygens (including phenoxy) is 2. The Morgan fingerprint density at radius 3 is 2.27 bits per heavy atom. The molecule has 0 fully saturated rings. The minimum atomic E-state index is -1.02. The van der Waals surface area contributed by atoms with Crippen molar-refractivity contribution < 1.29 is 24.2 Å². The molecule has 0 saturated heterocycles. The maximum Gasteiger partial charge on any atom is 0.343 e. The lowest BCUT2D eigenvalue weighted by Gasteiger charge is -2.06. The van der Waals surface area contributed by atoms with Gasteiger partial charge in [-0.25, -0.2) is 9.59 Å². The highest BCUT2D eigenvalue weighted by Gasteiger charge is 2.08. The highest BCUT2D eigenvalue weighted by molar-refractivity contribution is 5.91. The Morgan fingerprint density at radius 2 is 1.65 bits per heavy atom. The van der Waals surface area contributed by atoms with Crippen LogP contribution in [0.5, 0.6) is 11.5 Å². The lowest BCUT2D eigenvalue weighted by Crippen LogP contribution is -2.08. The molecule has 0 radical (unpaired) electrons. The van der Waals surface area contributed by atoms with Gasteiger partial charge in [0, 0.05) is 12.5 Å². The first-order chi connectivity index (χ1) is 12.6. The van der Waals surface area contributed by atoms with Gasteiger partial charge in [-0.15, -0.1) is 5.92 Å². The predicted octanol–water partition coefficient (Wildman–Crippen LogP) is 3.80. The Labute approximate surface area is 151 Å². The Balaban J connectivity index is 1.93. The molecule has 5 heteroatoms. The molecule has 26 heavy (non-hydrogen) atoms. The summed E-state index contributed by atoms with van der Waals surface area (Å²) in [6.45, 7) is 2.27. The lowest BCUT2D eigenvalue weighted by molar-refractivity contribution is -0.131. The van der Waals surface area contributed by atoms with Crippen molar-refractivity contribution in [3.63, 3.8) is 0 Å². The Kier molecular flexibility index (Phi) is 7.02. The van der Waals surface area contributed by atoms with E-state index < -0.39 is 11.9 Å². The van der Waals surface area contributed by atoms with Crippen molar-refractivity contribution >= 4 is 18.0 Å². The maximum atomic E-state index is 12.1. The van der Waals surface area contributed by atoms with Crippen molar-refractivity contribution in [1.82, 2.24) is 0 Å².